The number of nitrogens with one attached hydrogen (secondary N) is 2. The number of likely N-dealkylation sites (N-methyl/N-ethyl adjacent to an activating group) is 1. The quantitative estimate of drug-likeness (QED) is 0.812. The summed E-state index contributed by atoms with van der Waals surface area (Å²) in [6, 6.07) is 1.76. The van der Waals surface area contributed by atoms with E-state index >= 15 is 0 Å². The summed E-state index contributed by atoms with van der Waals surface area (Å²) in [5.41, 5.74) is 0.448. The summed E-state index contributed by atoms with van der Waals surface area (Å²) >= 11 is 6.08. The summed E-state index contributed by atoms with van der Waals surface area (Å²) in [5, 5.41) is 6.34. The fourth-order valence-electron chi connectivity index (χ4n) is 2.20. The van der Waals surface area contributed by atoms with Crippen LogP contribution in [-0.4, -0.2) is 49.5 Å². The van der Waals surface area contributed by atoms with E-state index in [0.29, 0.717) is 22.3 Å². The number of rotatable bonds is 7. The van der Waals surface area contributed by atoms with E-state index in [-0.39, 0.29) is 11.9 Å². The van der Waals surface area contributed by atoms with Gasteiger partial charge in [0, 0.05) is 25.8 Å². The van der Waals surface area contributed by atoms with Crippen LogP contribution in [0.3, 0.4) is 0 Å². The van der Waals surface area contributed by atoms with Crippen molar-refractivity contribution in [3.05, 3.63) is 22.8 Å². The fourth-order valence-corrected chi connectivity index (χ4v) is 2.39. The predicted octanol–water partition coefficient (Wildman–Crippen LogP) is 2.48. The maximum atomic E-state index is 12.4. The SMILES string of the molecule is CNc1cc(C(=O)NC(CC(C)C)CN(C)C)c(Cl)cn1. The number of carbonyl (C=O) groups is 1. The van der Waals surface area contributed by atoms with Crippen LogP contribution in [0.25, 0.3) is 0 Å². The smallest absolute Gasteiger partial charge is 0.253 e. The highest BCUT2D eigenvalue weighted by molar-refractivity contribution is 6.33. The zero-order valence-electron chi connectivity index (χ0n) is 13.4. The van der Waals surface area contributed by atoms with Gasteiger partial charge in [0.1, 0.15) is 5.82 Å². The van der Waals surface area contributed by atoms with E-state index in [1.165, 1.54) is 6.20 Å². The molecule has 2 N–H and O–H groups in total. The average Bonchev–Trinajstić information content (AvgIpc) is 2.37. The topological polar surface area (TPSA) is 57.3 Å². The minimum absolute atomic E-state index is 0.0924. The van der Waals surface area contributed by atoms with Crippen molar-refractivity contribution in [1.82, 2.24) is 15.2 Å². The number of hydrogen-bond donors (Lipinski definition) is 2. The summed E-state index contributed by atoms with van der Waals surface area (Å²) in [6.45, 7) is 5.09. The van der Waals surface area contributed by atoms with Gasteiger partial charge in [0.2, 0.25) is 0 Å². The molecule has 5 nitrogen and oxygen atoms in total. The summed E-state index contributed by atoms with van der Waals surface area (Å²) < 4.78 is 0. The van der Waals surface area contributed by atoms with Crippen LogP contribution < -0.4 is 10.6 Å². The first-order valence-corrected chi connectivity index (χ1v) is 7.50. The number of aromatic nitrogens is 1. The predicted molar refractivity (Wildman–Crippen MR) is 88.1 cm³/mol. The number of carbonyl (C=O) groups excluding carboxylic acids is 1. The molecule has 0 aromatic carbocycles. The first-order valence-electron chi connectivity index (χ1n) is 7.12. The van der Waals surface area contributed by atoms with Crippen molar-refractivity contribution in [3.63, 3.8) is 0 Å². The highest BCUT2D eigenvalue weighted by Gasteiger charge is 2.18. The van der Waals surface area contributed by atoms with E-state index in [0.717, 1.165) is 13.0 Å². The third kappa shape index (κ3) is 5.89. The molecule has 0 saturated heterocycles. The Balaban J connectivity index is 2.85. The number of nitrogens with zero attached hydrogens (tertiary/aromatic N) is 2. The van der Waals surface area contributed by atoms with Crippen molar-refractivity contribution < 1.29 is 4.79 Å². The van der Waals surface area contributed by atoms with E-state index in [1.54, 1.807) is 13.1 Å². The molecule has 1 aromatic heterocycles. The van der Waals surface area contributed by atoms with Gasteiger partial charge >= 0.3 is 0 Å². The lowest BCUT2D eigenvalue weighted by Gasteiger charge is -2.24. The van der Waals surface area contributed by atoms with E-state index in [9.17, 15) is 4.79 Å². The molecule has 1 atom stereocenters. The second-order valence-electron chi connectivity index (χ2n) is 5.86. The Labute approximate surface area is 132 Å². The standard InChI is InChI=1S/C15H25ClN4O/c1-10(2)6-11(9-20(4)5)19-15(21)12-7-14(17-3)18-8-13(12)16/h7-8,10-11H,6,9H2,1-5H3,(H,17,18)(H,19,21). The molecule has 118 valence electrons. The lowest BCUT2D eigenvalue weighted by molar-refractivity contribution is 0.0924. The van der Waals surface area contributed by atoms with Crippen LogP contribution in [0, 0.1) is 5.92 Å². The molecule has 1 amide bonds. The molecule has 21 heavy (non-hydrogen) atoms. The third-order valence-corrected chi connectivity index (χ3v) is 3.33. The number of halogens is 1. The van der Waals surface area contributed by atoms with Gasteiger partial charge in [0.05, 0.1) is 10.6 Å². The number of pyridine rings is 1. The second kappa shape index (κ2) is 8.20. The molecule has 0 fully saturated rings. The number of anilines is 1. The Morgan fingerprint density at radius 2 is 2.10 bits per heavy atom. The molecule has 6 heteroatoms. The van der Waals surface area contributed by atoms with Gasteiger partial charge < -0.3 is 15.5 Å². The molecule has 1 heterocycles. The van der Waals surface area contributed by atoms with Gasteiger partial charge in [-0.3, -0.25) is 4.79 Å². The Hall–Kier alpha value is -1.33. The van der Waals surface area contributed by atoms with Gasteiger partial charge in [-0.25, -0.2) is 4.98 Å². The molecule has 0 aliphatic heterocycles. The van der Waals surface area contributed by atoms with Gasteiger partial charge in [-0.15, -0.1) is 0 Å². The highest BCUT2D eigenvalue weighted by atomic mass is 35.5. The summed E-state index contributed by atoms with van der Waals surface area (Å²) in [6.07, 6.45) is 2.41. The van der Waals surface area contributed by atoms with E-state index in [4.69, 9.17) is 11.6 Å². The normalized spacial score (nSPS) is 12.6. The Bertz CT molecular complexity index is 467. The molecule has 1 aromatic rings. The molecule has 0 aliphatic rings. The molecule has 0 aliphatic carbocycles. The van der Waals surface area contributed by atoms with Gasteiger partial charge in [0.15, 0.2) is 0 Å². The lowest BCUT2D eigenvalue weighted by atomic mass is 10.0. The molecular weight excluding hydrogens is 288 g/mol. The van der Waals surface area contributed by atoms with Crippen LogP contribution >= 0.6 is 11.6 Å². The maximum Gasteiger partial charge on any atom is 0.253 e. The number of amides is 1. The zero-order valence-corrected chi connectivity index (χ0v) is 14.2. The third-order valence-electron chi connectivity index (χ3n) is 3.03. The van der Waals surface area contributed by atoms with Crippen molar-refractivity contribution in [3.8, 4) is 0 Å². The average molecular weight is 313 g/mol. The molecule has 0 bridgehead atoms. The minimum Gasteiger partial charge on any atom is -0.373 e. The molecule has 1 rings (SSSR count). The van der Waals surface area contributed by atoms with Gasteiger partial charge in [0.25, 0.3) is 5.91 Å². The largest absolute Gasteiger partial charge is 0.373 e. The number of hydrogen-bond acceptors (Lipinski definition) is 4. The molecule has 1 unspecified atom stereocenters. The van der Waals surface area contributed by atoms with E-state index in [2.05, 4.69) is 34.4 Å². The Kier molecular flexibility index (Phi) is 6.92. The maximum absolute atomic E-state index is 12.4. The van der Waals surface area contributed by atoms with Crippen molar-refractivity contribution in [2.75, 3.05) is 33.0 Å². The monoisotopic (exact) mass is 312 g/mol. The van der Waals surface area contributed by atoms with Crippen molar-refractivity contribution in [1.29, 1.82) is 0 Å². The first-order chi connectivity index (χ1) is 9.83. The van der Waals surface area contributed by atoms with Gasteiger partial charge in [-0.2, -0.15) is 0 Å². The molecule has 0 radical (unpaired) electrons. The zero-order chi connectivity index (χ0) is 16.0. The fraction of sp³-hybridized carbons (Fsp3) is 0.600. The van der Waals surface area contributed by atoms with Gasteiger partial charge in [-0.05, 0) is 32.5 Å². The van der Waals surface area contributed by atoms with Crippen molar-refractivity contribution in [2.45, 2.75) is 26.3 Å². The minimum atomic E-state index is -0.161. The van der Waals surface area contributed by atoms with Gasteiger partial charge in [-0.1, -0.05) is 25.4 Å². The summed E-state index contributed by atoms with van der Waals surface area (Å²) in [5.74, 6) is 0.972. The molecule has 0 saturated carbocycles. The van der Waals surface area contributed by atoms with Crippen LogP contribution in [-0.2, 0) is 0 Å². The van der Waals surface area contributed by atoms with Crippen LogP contribution in [0.4, 0.5) is 5.82 Å². The van der Waals surface area contributed by atoms with Crippen molar-refractivity contribution >= 4 is 23.3 Å². The lowest BCUT2D eigenvalue weighted by Crippen LogP contribution is -2.42. The highest BCUT2D eigenvalue weighted by Crippen LogP contribution is 2.18. The van der Waals surface area contributed by atoms with Crippen LogP contribution in [0.2, 0.25) is 5.02 Å². The summed E-state index contributed by atoms with van der Waals surface area (Å²) in [7, 11) is 5.75. The Morgan fingerprint density at radius 1 is 1.43 bits per heavy atom. The van der Waals surface area contributed by atoms with Crippen LogP contribution in [0.1, 0.15) is 30.6 Å². The van der Waals surface area contributed by atoms with E-state index < -0.39 is 0 Å². The van der Waals surface area contributed by atoms with Crippen LogP contribution in [0.5, 0.6) is 0 Å². The van der Waals surface area contributed by atoms with E-state index in [1.807, 2.05) is 14.1 Å². The molecule has 0 spiro atoms. The first kappa shape index (κ1) is 17.7. The van der Waals surface area contributed by atoms with Crippen molar-refractivity contribution in [2.24, 2.45) is 5.92 Å². The van der Waals surface area contributed by atoms with Crippen LogP contribution in [0.15, 0.2) is 12.3 Å². The second-order valence-corrected chi connectivity index (χ2v) is 6.27. The summed E-state index contributed by atoms with van der Waals surface area (Å²) in [4.78, 5) is 18.6. The Morgan fingerprint density at radius 3 is 2.62 bits per heavy atom. The molecular formula is C15H25ClN4O.